The van der Waals surface area contributed by atoms with Crippen molar-refractivity contribution in [1.82, 2.24) is 0 Å². The summed E-state index contributed by atoms with van der Waals surface area (Å²) in [7, 11) is 0. The SMILES string of the molecule is O=C(OCC1CCC(COC(=O)[C@H]2CC[C@H]3O[C@@H]3C2)CC1)[C@@H]1CC[C@H]2O[C@@H]2C1. The van der Waals surface area contributed by atoms with Gasteiger partial charge in [0.1, 0.15) is 0 Å². The number of carbonyl (C=O) groups excluding carboxylic acids is 2. The molecule has 0 N–H and O–H groups in total. The summed E-state index contributed by atoms with van der Waals surface area (Å²) in [5.41, 5.74) is 0. The molecule has 5 rings (SSSR count). The van der Waals surface area contributed by atoms with Gasteiger partial charge in [0.2, 0.25) is 0 Å². The van der Waals surface area contributed by atoms with Crippen LogP contribution in [-0.2, 0) is 28.5 Å². The average molecular weight is 392 g/mol. The maximum absolute atomic E-state index is 12.3. The predicted octanol–water partition coefficient (Wildman–Crippen LogP) is 3.01. The van der Waals surface area contributed by atoms with Gasteiger partial charge in [0.15, 0.2) is 0 Å². The summed E-state index contributed by atoms with van der Waals surface area (Å²) in [6.07, 6.45) is 11.2. The highest BCUT2D eigenvalue weighted by molar-refractivity contribution is 5.73. The maximum atomic E-state index is 12.3. The first-order chi connectivity index (χ1) is 13.7. The molecule has 0 aromatic rings. The molecule has 0 unspecified atom stereocenters. The zero-order valence-electron chi connectivity index (χ0n) is 16.6. The molecule has 0 radical (unpaired) electrons. The molecule has 6 heteroatoms. The van der Waals surface area contributed by atoms with E-state index >= 15 is 0 Å². The van der Waals surface area contributed by atoms with Crippen LogP contribution in [0.4, 0.5) is 0 Å². The normalized spacial score (nSPS) is 44.0. The van der Waals surface area contributed by atoms with Crippen molar-refractivity contribution in [2.45, 2.75) is 88.6 Å². The summed E-state index contributed by atoms with van der Waals surface area (Å²) >= 11 is 0. The largest absolute Gasteiger partial charge is 0.465 e. The molecular formula is C22H32O6. The van der Waals surface area contributed by atoms with E-state index in [2.05, 4.69) is 0 Å². The highest BCUT2D eigenvalue weighted by atomic mass is 16.6. The molecule has 0 amide bonds. The minimum Gasteiger partial charge on any atom is -0.465 e. The van der Waals surface area contributed by atoms with Crippen molar-refractivity contribution in [1.29, 1.82) is 0 Å². The first kappa shape index (κ1) is 18.9. The van der Waals surface area contributed by atoms with Gasteiger partial charge >= 0.3 is 11.9 Å². The van der Waals surface area contributed by atoms with Crippen LogP contribution in [0, 0.1) is 23.7 Å². The van der Waals surface area contributed by atoms with Gasteiger partial charge in [-0.2, -0.15) is 0 Å². The Kier molecular flexibility index (Phi) is 5.35. The third kappa shape index (κ3) is 4.38. The van der Waals surface area contributed by atoms with E-state index in [9.17, 15) is 9.59 Å². The third-order valence-corrected chi connectivity index (χ3v) is 7.56. The van der Waals surface area contributed by atoms with Crippen molar-refractivity contribution in [2.75, 3.05) is 13.2 Å². The predicted molar refractivity (Wildman–Crippen MR) is 99.4 cm³/mol. The summed E-state index contributed by atoms with van der Waals surface area (Å²) in [4.78, 5) is 24.6. The molecule has 3 saturated carbocycles. The molecule has 0 bridgehead atoms. The van der Waals surface area contributed by atoms with Gasteiger partial charge in [-0.05, 0) is 76.0 Å². The van der Waals surface area contributed by atoms with Gasteiger partial charge in [0.25, 0.3) is 0 Å². The van der Waals surface area contributed by atoms with E-state index in [-0.39, 0.29) is 23.8 Å². The quantitative estimate of drug-likeness (QED) is 0.511. The number of carbonyl (C=O) groups is 2. The lowest BCUT2D eigenvalue weighted by atomic mass is 9.82. The Hall–Kier alpha value is -1.14. The Morgan fingerprint density at radius 3 is 1.43 bits per heavy atom. The van der Waals surface area contributed by atoms with Crippen molar-refractivity contribution in [3.05, 3.63) is 0 Å². The number of epoxide rings is 2. The lowest BCUT2D eigenvalue weighted by Crippen LogP contribution is -2.29. The van der Waals surface area contributed by atoms with Crippen molar-refractivity contribution < 1.29 is 28.5 Å². The van der Waals surface area contributed by atoms with Crippen LogP contribution >= 0.6 is 0 Å². The number of fused-ring (bicyclic) bond motifs is 2. The molecular weight excluding hydrogens is 360 g/mol. The highest BCUT2D eigenvalue weighted by Crippen LogP contribution is 2.41. The van der Waals surface area contributed by atoms with Crippen LogP contribution in [0.25, 0.3) is 0 Å². The standard InChI is InChI=1S/C22H32O6/c23-21(15-5-7-17-19(9-15)27-17)25-11-13-1-2-14(4-3-13)12-26-22(24)16-6-8-18-20(10-16)28-18/h13-20H,1-12H2/t13?,14?,15-,16+,17-,18-,19-,20-/m1/s1. The molecule has 2 aliphatic heterocycles. The maximum Gasteiger partial charge on any atom is 0.309 e. The van der Waals surface area contributed by atoms with Crippen LogP contribution in [-0.4, -0.2) is 49.6 Å². The first-order valence-corrected chi connectivity index (χ1v) is 11.3. The number of ether oxygens (including phenoxy) is 4. The molecule has 3 aliphatic carbocycles. The van der Waals surface area contributed by atoms with Crippen molar-refractivity contribution in [3.63, 3.8) is 0 Å². The molecule has 0 aromatic carbocycles. The highest BCUT2D eigenvalue weighted by Gasteiger charge is 2.47. The summed E-state index contributed by atoms with van der Waals surface area (Å²) < 4.78 is 22.2. The van der Waals surface area contributed by atoms with Gasteiger partial charge in [0.05, 0.1) is 49.5 Å². The summed E-state index contributed by atoms with van der Waals surface area (Å²) in [6.45, 7) is 1.09. The topological polar surface area (TPSA) is 77.7 Å². The van der Waals surface area contributed by atoms with Crippen molar-refractivity contribution in [3.8, 4) is 0 Å². The first-order valence-electron chi connectivity index (χ1n) is 11.3. The van der Waals surface area contributed by atoms with E-state index in [0.717, 1.165) is 64.2 Å². The minimum absolute atomic E-state index is 0.0284. The number of esters is 2. The van der Waals surface area contributed by atoms with Crippen LogP contribution in [0.3, 0.4) is 0 Å². The molecule has 28 heavy (non-hydrogen) atoms. The lowest BCUT2D eigenvalue weighted by molar-refractivity contribution is -0.153. The van der Waals surface area contributed by atoms with Gasteiger partial charge in [-0.25, -0.2) is 0 Å². The molecule has 156 valence electrons. The van der Waals surface area contributed by atoms with Gasteiger partial charge in [-0.15, -0.1) is 0 Å². The lowest BCUT2D eigenvalue weighted by Gasteiger charge is -2.29. The Morgan fingerprint density at radius 2 is 1.04 bits per heavy atom. The second kappa shape index (κ2) is 7.94. The van der Waals surface area contributed by atoms with Crippen molar-refractivity contribution >= 4 is 11.9 Å². The fraction of sp³-hybridized carbons (Fsp3) is 0.909. The third-order valence-electron chi connectivity index (χ3n) is 7.56. The second-order valence-electron chi connectivity index (χ2n) is 9.59. The van der Waals surface area contributed by atoms with E-state index in [4.69, 9.17) is 18.9 Å². The monoisotopic (exact) mass is 392 g/mol. The fourth-order valence-electron chi connectivity index (χ4n) is 5.44. The van der Waals surface area contributed by atoms with Gasteiger partial charge < -0.3 is 18.9 Å². The van der Waals surface area contributed by atoms with E-state index < -0.39 is 0 Å². The summed E-state index contributed by atoms with van der Waals surface area (Å²) in [5, 5.41) is 0. The Morgan fingerprint density at radius 1 is 0.607 bits per heavy atom. The van der Waals surface area contributed by atoms with Crippen LogP contribution < -0.4 is 0 Å². The van der Waals surface area contributed by atoms with E-state index in [0.29, 0.717) is 49.5 Å². The zero-order valence-corrected chi connectivity index (χ0v) is 16.6. The smallest absolute Gasteiger partial charge is 0.309 e. The average Bonchev–Trinajstić information content (AvgIpc) is 3.63. The molecule has 0 aromatic heterocycles. The van der Waals surface area contributed by atoms with E-state index in [1.165, 1.54) is 0 Å². The fourth-order valence-corrected chi connectivity index (χ4v) is 5.44. The number of rotatable bonds is 6. The Labute approximate surface area is 166 Å². The zero-order chi connectivity index (χ0) is 19.1. The van der Waals surface area contributed by atoms with Crippen LogP contribution in [0.5, 0.6) is 0 Å². The van der Waals surface area contributed by atoms with Crippen molar-refractivity contribution in [2.24, 2.45) is 23.7 Å². The second-order valence-corrected chi connectivity index (χ2v) is 9.59. The van der Waals surface area contributed by atoms with Crippen LogP contribution in [0.1, 0.15) is 64.2 Å². The molecule has 5 fully saturated rings. The van der Waals surface area contributed by atoms with Crippen LogP contribution in [0.15, 0.2) is 0 Å². The molecule has 2 saturated heterocycles. The number of hydrogen-bond acceptors (Lipinski definition) is 6. The molecule has 0 spiro atoms. The van der Waals surface area contributed by atoms with Gasteiger partial charge in [0, 0.05) is 0 Å². The molecule has 6 nitrogen and oxygen atoms in total. The van der Waals surface area contributed by atoms with Gasteiger partial charge in [-0.3, -0.25) is 9.59 Å². The molecule has 6 atom stereocenters. The summed E-state index contributed by atoms with van der Waals surface area (Å²) in [6, 6.07) is 0. The van der Waals surface area contributed by atoms with Gasteiger partial charge in [-0.1, -0.05) is 0 Å². The summed E-state index contributed by atoms with van der Waals surface area (Å²) in [5.74, 6) is 0.920. The molecule has 5 aliphatic rings. The Bertz CT molecular complexity index is 546. The van der Waals surface area contributed by atoms with Crippen LogP contribution in [0.2, 0.25) is 0 Å². The molecule has 2 heterocycles. The van der Waals surface area contributed by atoms with E-state index in [1.54, 1.807) is 0 Å². The van der Waals surface area contributed by atoms with E-state index in [1.807, 2.05) is 0 Å². The number of hydrogen-bond donors (Lipinski definition) is 0. The minimum atomic E-state index is -0.0284. The Balaban J connectivity index is 0.961.